The van der Waals surface area contributed by atoms with E-state index in [2.05, 4.69) is 218 Å². The Bertz CT molecular complexity index is 4230. The number of aryl methyl sites for hydroxylation is 7. The number of likely N-dealkylation sites (N-methyl/N-ethyl adjacent to an activating group) is 2. The van der Waals surface area contributed by atoms with Crippen LogP contribution in [-0.2, 0) is 85.6 Å². The molecular formula is C85H94N12. The molecule has 0 saturated carbocycles. The van der Waals surface area contributed by atoms with Crippen LogP contribution in [0.5, 0.6) is 0 Å². The van der Waals surface area contributed by atoms with Crippen molar-refractivity contribution in [1.82, 2.24) is 39.2 Å². The number of anilines is 2. The van der Waals surface area contributed by atoms with Crippen molar-refractivity contribution in [2.24, 2.45) is 31.1 Å². The predicted molar refractivity (Wildman–Crippen MR) is 409 cm³/mol. The van der Waals surface area contributed by atoms with Gasteiger partial charge in [-0.05, 0) is 169 Å². The van der Waals surface area contributed by atoms with Gasteiger partial charge < -0.3 is 14.4 Å². The summed E-state index contributed by atoms with van der Waals surface area (Å²) in [5.74, 6) is 0. The third kappa shape index (κ3) is 19.1. The van der Waals surface area contributed by atoms with Crippen LogP contribution in [0.1, 0.15) is 75.9 Å². The average molecular weight is 1280 g/mol. The van der Waals surface area contributed by atoms with Crippen molar-refractivity contribution >= 4 is 68.1 Å². The van der Waals surface area contributed by atoms with Gasteiger partial charge in [-0.1, -0.05) is 201 Å². The standard InChI is InChI=1S/3C9H11N.2C9H10.2C8H8N2.2C8H7N.C7H7N3.CH4/c1-10-6-8-4-2-3-5-9(8)7-10;2*1-10-7-6-8-4-2-3-5-9(8)10;2*1-2-5-9-7-3-6-8(9)4-1;1-10-6-9-7-4-2-3-5-8(7)10;1-10-8-5-3-2-4-7(8)6-9-10;2*1-2-4-8-7(3-1)5-6-9-8;1-10-7-5-3-2-4-6(7)8-9-10;/h3*2-5H,6-7H2,1H3;2*1-2,4-5H,3,6-7H2;2*2-6H,1H3;2*1-4,6H,5H2;2-5H,1H3;1H4. The molecule has 97 heavy (non-hydrogen) atoms. The SMILES string of the molecule is C.C1=Nc2ccccc2C1.C1=Nc2ccccc2C1.CN1CCc2ccccc21.CN1CCc2ccccc21.CN1Cc2ccccc2C1.Cn1cnc2ccccc21.Cn1ncc2ccccc21.Cn1nnc2ccccc21.c1ccc2c(c1)CCC2.c1ccc2c(c1)CCC2. The van der Waals surface area contributed by atoms with Crippen molar-refractivity contribution in [3.05, 3.63) is 311 Å². The van der Waals surface area contributed by atoms with Crippen molar-refractivity contribution in [2.75, 3.05) is 44.0 Å². The summed E-state index contributed by atoms with van der Waals surface area (Å²) >= 11 is 0. The largest absolute Gasteiger partial charge is 0.374 e. The number of hydrogen-bond donors (Lipinski definition) is 0. The van der Waals surface area contributed by atoms with Gasteiger partial charge in [-0.15, -0.1) is 5.10 Å². The van der Waals surface area contributed by atoms with Gasteiger partial charge in [0.15, 0.2) is 0 Å². The summed E-state index contributed by atoms with van der Waals surface area (Å²) in [5, 5.41) is 13.1. The molecule has 494 valence electrons. The molecule has 0 N–H and O–H groups in total. The average Bonchev–Trinajstić information content (AvgIpc) is 2.70. The Hall–Kier alpha value is -10.6. The van der Waals surface area contributed by atoms with Crippen LogP contribution in [-0.4, -0.2) is 85.9 Å². The lowest BCUT2D eigenvalue weighted by molar-refractivity contribution is 0.353. The van der Waals surface area contributed by atoms with E-state index in [0.717, 1.165) is 53.9 Å². The first-order valence-corrected chi connectivity index (χ1v) is 33.8. The van der Waals surface area contributed by atoms with E-state index in [1.54, 1.807) is 26.9 Å². The summed E-state index contributed by atoms with van der Waals surface area (Å²) < 4.78 is 5.64. The van der Waals surface area contributed by atoms with E-state index in [0.29, 0.717) is 0 Å². The van der Waals surface area contributed by atoms with E-state index < -0.39 is 0 Å². The molecule has 0 radical (unpaired) electrons. The molecule has 0 atom stereocenters. The summed E-state index contributed by atoms with van der Waals surface area (Å²) in [6.45, 7) is 4.60. The first-order chi connectivity index (χ1) is 47.1. The zero-order chi connectivity index (χ0) is 66.3. The van der Waals surface area contributed by atoms with Crippen molar-refractivity contribution in [2.45, 2.75) is 84.7 Å². The summed E-state index contributed by atoms with van der Waals surface area (Å²) in [6, 6.07) is 83.8. The number of rotatable bonds is 0. The van der Waals surface area contributed by atoms with Gasteiger partial charge in [-0.2, -0.15) is 5.10 Å². The number of benzene rings is 10. The molecule has 12 heteroatoms. The molecule has 20 rings (SSSR count). The van der Waals surface area contributed by atoms with Crippen LogP contribution in [0.25, 0.3) is 33.0 Å². The Kier molecular flexibility index (Phi) is 25.2. The lowest BCUT2D eigenvalue weighted by atomic mass is 10.1. The van der Waals surface area contributed by atoms with Crippen LogP contribution < -0.4 is 9.80 Å². The van der Waals surface area contributed by atoms with Gasteiger partial charge in [-0.25, -0.2) is 9.67 Å². The summed E-state index contributed by atoms with van der Waals surface area (Å²) in [5.41, 5.74) is 25.5. The second-order valence-corrected chi connectivity index (χ2v) is 24.9. The van der Waals surface area contributed by atoms with E-state index in [1.807, 2.05) is 146 Å². The van der Waals surface area contributed by atoms with Crippen LogP contribution in [0.15, 0.2) is 265 Å². The van der Waals surface area contributed by atoms with Crippen LogP contribution in [0.4, 0.5) is 22.7 Å². The molecule has 0 bridgehead atoms. The molecule has 10 aromatic carbocycles. The van der Waals surface area contributed by atoms with Gasteiger partial charge in [0, 0.05) is 103 Å². The number of aromatic nitrogens is 7. The normalized spacial score (nSPS) is 13.7. The van der Waals surface area contributed by atoms with Crippen LogP contribution >= 0.6 is 0 Å². The predicted octanol–water partition coefficient (Wildman–Crippen LogP) is 18.0. The molecule has 0 saturated heterocycles. The number of para-hydroxylation sites is 8. The third-order valence-corrected chi connectivity index (χ3v) is 18.1. The molecular weight excluding hydrogens is 1190 g/mol. The Morgan fingerprint density at radius 3 is 1.19 bits per heavy atom. The topological polar surface area (TPSA) is 101 Å². The fourth-order valence-corrected chi connectivity index (χ4v) is 12.8. The van der Waals surface area contributed by atoms with Gasteiger partial charge in [-0.3, -0.25) is 19.6 Å². The minimum Gasteiger partial charge on any atom is -0.374 e. The fraction of sp³-hybridized carbons (Fsp3) is 0.247. The molecule has 7 aliphatic rings. The number of nitrogens with zero attached hydrogens (tertiary/aromatic N) is 12. The van der Waals surface area contributed by atoms with Crippen molar-refractivity contribution in [3.63, 3.8) is 0 Å². The Labute approximate surface area is 575 Å². The molecule has 0 spiro atoms. The second-order valence-electron chi connectivity index (χ2n) is 24.9. The van der Waals surface area contributed by atoms with E-state index in [1.165, 1.54) is 126 Å². The quantitative estimate of drug-likeness (QED) is 0.149. The fourth-order valence-electron chi connectivity index (χ4n) is 12.8. The van der Waals surface area contributed by atoms with Crippen LogP contribution in [0.3, 0.4) is 0 Å². The van der Waals surface area contributed by atoms with Crippen molar-refractivity contribution in [1.29, 1.82) is 0 Å². The molecule has 8 heterocycles. The molecule has 12 nitrogen and oxygen atoms in total. The highest BCUT2D eigenvalue weighted by molar-refractivity contribution is 5.79. The molecule has 0 fully saturated rings. The third-order valence-electron chi connectivity index (χ3n) is 18.1. The second kappa shape index (κ2) is 35.3. The highest BCUT2D eigenvalue weighted by Gasteiger charge is 2.16. The number of imidazole rings is 1. The minimum absolute atomic E-state index is 0. The molecule has 2 aliphatic carbocycles. The van der Waals surface area contributed by atoms with Crippen LogP contribution in [0.2, 0.25) is 0 Å². The molecule has 0 amide bonds. The van der Waals surface area contributed by atoms with Gasteiger partial charge in [0.25, 0.3) is 0 Å². The van der Waals surface area contributed by atoms with Gasteiger partial charge in [0.05, 0.1) is 46.0 Å². The zero-order valence-corrected chi connectivity index (χ0v) is 56.7. The van der Waals surface area contributed by atoms with E-state index in [-0.39, 0.29) is 7.43 Å². The maximum Gasteiger partial charge on any atom is 0.113 e. The monoisotopic (exact) mass is 1280 g/mol. The Morgan fingerprint density at radius 2 is 0.732 bits per heavy atom. The van der Waals surface area contributed by atoms with Crippen molar-refractivity contribution in [3.8, 4) is 0 Å². The first-order valence-electron chi connectivity index (χ1n) is 33.8. The smallest absolute Gasteiger partial charge is 0.113 e. The van der Waals surface area contributed by atoms with E-state index >= 15 is 0 Å². The highest BCUT2D eigenvalue weighted by atomic mass is 15.4. The summed E-state index contributed by atoms with van der Waals surface area (Å²) in [4.78, 5) is 19.5. The van der Waals surface area contributed by atoms with Gasteiger partial charge >= 0.3 is 0 Å². The molecule has 5 aliphatic heterocycles. The molecule has 0 unspecified atom stereocenters. The minimum atomic E-state index is 0. The van der Waals surface area contributed by atoms with Crippen molar-refractivity contribution < 1.29 is 0 Å². The Morgan fingerprint density at radius 1 is 0.340 bits per heavy atom. The maximum atomic E-state index is 4.18. The first kappa shape index (κ1) is 69.3. The lowest BCUT2D eigenvalue weighted by Gasteiger charge is -2.10. The zero-order valence-electron chi connectivity index (χ0n) is 56.7. The number of aliphatic imine (C=N–C) groups is 2. The van der Waals surface area contributed by atoms with E-state index in [9.17, 15) is 0 Å². The molecule has 13 aromatic rings. The maximum absolute atomic E-state index is 4.18. The van der Waals surface area contributed by atoms with E-state index in [4.69, 9.17) is 0 Å². The lowest BCUT2D eigenvalue weighted by Crippen LogP contribution is -2.12. The number of fused-ring (bicyclic) bond motifs is 10. The van der Waals surface area contributed by atoms with Crippen LogP contribution in [0, 0.1) is 0 Å². The summed E-state index contributed by atoms with van der Waals surface area (Å²) in [6.07, 6.45) is 20.0. The molecule has 3 aromatic heterocycles. The Balaban J connectivity index is 0.000000117. The number of hydrogen-bond acceptors (Lipinski definition) is 9. The van der Waals surface area contributed by atoms with Gasteiger partial charge in [0.1, 0.15) is 5.52 Å². The highest BCUT2D eigenvalue weighted by Crippen LogP contribution is 2.28. The summed E-state index contributed by atoms with van der Waals surface area (Å²) in [7, 11) is 12.3. The van der Waals surface area contributed by atoms with Gasteiger partial charge in [0.2, 0.25) is 0 Å².